The number of carbonyl (C=O) groups is 5. The Labute approximate surface area is 252 Å². The predicted molar refractivity (Wildman–Crippen MR) is 156 cm³/mol. The van der Waals surface area contributed by atoms with Gasteiger partial charge in [-0.1, -0.05) is 72.8 Å². The van der Waals surface area contributed by atoms with Crippen molar-refractivity contribution in [2.75, 3.05) is 6.61 Å². The van der Waals surface area contributed by atoms with Gasteiger partial charge >= 0.3 is 23.9 Å². The van der Waals surface area contributed by atoms with Crippen LogP contribution in [-0.4, -0.2) is 66.3 Å². The number of aliphatic hydroxyl groups excluding tert-OH is 1. The molecule has 4 aromatic carbocycles. The van der Waals surface area contributed by atoms with Crippen LogP contribution in [0.4, 0.5) is 0 Å². The van der Waals surface area contributed by atoms with Gasteiger partial charge in [0.2, 0.25) is 0 Å². The van der Waals surface area contributed by atoms with Crippen LogP contribution in [0.2, 0.25) is 0 Å². The van der Waals surface area contributed by atoms with E-state index >= 15 is 0 Å². The number of aldehydes is 1. The van der Waals surface area contributed by atoms with E-state index in [1.165, 1.54) is 48.5 Å². The first-order valence-corrected chi connectivity index (χ1v) is 13.5. The summed E-state index contributed by atoms with van der Waals surface area (Å²) >= 11 is 0. The average Bonchev–Trinajstić information content (AvgIpc) is 3.09. The zero-order valence-corrected chi connectivity index (χ0v) is 23.3. The normalized spacial score (nSPS) is 13.3. The lowest BCUT2D eigenvalue weighted by atomic mass is 10.0. The molecule has 0 heterocycles. The molecule has 0 radical (unpaired) electrons. The molecule has 0 bridgehead atoms. The second kappa shape index (κ2) is 15.6. The highest BCUT2D eigenvalue weighted by molar-refractivity contribution is 5.92. The van der Waals surface area contributed by atoms with E-state index < -0.39 is 54.9 Å². The van der Waals surface area contributed by atoms with Crippen LogP contribution >= 0.6 is 0 Å². The Morgan fingerprint density at radius 3 is 1.16 bits per heavy atom. The molecule has 0 aliphatic heterocycles. The molecule has 10 heteroatoms. The first-order chi connectivity index (χ1) is 21.4. The van der Waals surface area contributed by atoms with E-state index in [2.05, 4.69) is 0 Å². The van der Waals surface area contributed by atoms with E-state index in [9.17, 15) is 29.1 Å². The van der Waals surface area contributed by atoms with Crippen molar-refractivity contribution in [1.82, 2.24) is 0 Å². The number of ether oxygens (including phenoxy) is 4. The van der Waals surface area contributed by atoms with Crippen molar-refractivity contribution in [2.45, 2.75) is 24.4 Å². The minimum Gasteiger partial charge on any atom is -0.452 e. The number of hydrogen-bond donors (Lipinski definition) is 1. The number of esters is 4. The Balaban J connectivity index is 1.75. The molecule has 0 saturated heterocycles. The van der Waals surface area contributed by atoms with E-state index in [1.54, 1.807) is 72.8 Å². The minimum absolute atomic E-state index is 0.0616. The van der Waals surface area contributed by atoms with Crippen molar-refractivity contribution < 1.29 is 48.0 Å². The SMILES string of the molecule is O=C[C@@H](OC(=O)c1ccccc1)[C@H](OC(=O)c1ccccc1)[C@H](OC(=O)c1ccccc1)[C@H](CO)OC(=O)c1ccccc1. The van der Waals surface area contributed by atoms with Crippen LogP contribution in [0.3, 0.4) is 0 Å². The molecule has 0 unspecified atom stereocenters. The molecule has 0 fully saturated rings. The van der Waals surface area contributed by atoms with E-state index in [0.29, 0.717) is 0 Å². The van der Waals surface area contributed by atoms with E-state index in [-0.39, 0.29) is 28.5 Å². The smallest absolute Gasteiger partial charge is 0.338 e. The summed E-state index contributed by atoms with van der Waals surface area (Å²) in [6, 6.07) is 30.9. The average molecular weight is 597 g/mol. The molecule has 0 saturated carbocycles. The highest BCUT2D eigenvalue weighted by atomic mass is 16.6. The maximum absolute atomic E-state index is 13.3. The molecule has 4 aromatic rings. The van der Waals surface area contributed by atoms with Gasteiger partial charge in [0.1, 0.15) is 0 Å². The second-order valence-corrected chi connectivity index (χ2v) is 9.34. The van der Waals surface area contributed by atoms with Gasteiger partial charge < -0.3 is 24.1 Å². The summed E-state index contributed by atoms with van der Waals surface area (Å²) in [7, 11) is 0. The molecule has 0 amide bonds. The van der Waals surface area contributed by atoms with Crippen LogP contribution < -0.4 is 0 Å². The van der Waals surface area contributed by atoms with Crippen molar-refractivity contribution in [3.05, 3.63) is 144 Å². The Kier molecular flexibility index (Phi) is 11.1. The monoisotopic (exact) mass is 596 g/mol. The summed E-state index contributed by atoms with van der Waals surface area (Å²) in [6.07, 6.45) is -7.05. The highest BCUT2D eigenvalue weighted by Crippen LogP contribution is 2.23. The fourth-order valence-electron chi connectivity index (χ4n) is 4.13. The van der Waals surface area contributed by atoms with E-state index in [0.717, 1.165) is 0 Å². The summed E-state index contributed by atoms with van der Waals surface area (Å²) in [4.78, 5) is 65.0. The van der Waals surface area contributed by atoms with Crippen LogP contribution in [0.15, 0.2) is 121 Å². The second-order valence-electron chi connectivity index (χ2n) is 9.34. The van der Waals surface area contributed by atoms with Gasteiger partial charge in [-0.3, -0.25) is 4.79 Å². The topological polar surface area (TPSA) is 143 Å². The Morgan fingerprint density at radius 2 is 0.818 bits per heavy atom. The summed E-state index contributed by atoms with van der Waals surface area (Å²) in [6.45, 7) is -0.928. The Bertz CT molecular complexity index is 1540. The molecule has 0 aliphatic rings. The number of hydrogen-bond acceptors (Lipinski definition) is 10. The summed E-state index contributed by atoms with van der Waals surface area (Å²) in [5.74, 6) is -3.77. The van der Waals surface area contributed by atoms with Crippen LogP contribution in [0, 0.1) is 0 Å². The van der Waals surface area contributed by atoms with Crippen molar-refractivity contribution in [2.24, 2.45) is 0 Å². The lowest BCUT2D eigenvalue weighted by Gasteiger charge is -2.34. The number of benzene rings is 4. The van der Waals surface area contributed by atoms with Gasteiger partial charge in [0.25, 0.3) is 0 Å². The van der Waals surface area contributed by atoms with Crippen LogP contribution in [-0.2, 0) is 23.7 Å². The van der Waals surface area contributed by atoms with Crippen LogP contribution in [0.25, 0.3) is 0 Å². The lowest BCUT2D eigenvalue weighted by molar-refractivity contribution is -0.142. The van der Waals surface area contributed by atoms with E-state index in [4.69, 9.17) is 18.9 Å². The molecule has 10 nitrogen and oxygen atoms in total. The molecular formula is C34H28O10. The van der Waals surface area contributed by atoms with Crippen molar-refractivity contribution in [1.29, 1.82) is 0 Å². The fourth-order valence-corrected chi connectivity index (χ4v) is 4.13. The first kappa shape index (κ1) is 31.3. The van der Waals surface area contributed by atoms with Crippen molar-refractivity contribution in [3.63, 3.8) is 0 Å². The number of carbonyl (C=O) groups excluding carboxylic acids is 5. The lowest BCUT2D eigenvalue weighted by Crippen LogP contribution is -2.53. The standard InChI is InChI=1S/C34H28O10/c35-21-27(41-31(37)23-13-5-1-6-14-23)29(43-33(39)25-17-9-3-10-18-25)30(44-34(40)26-19-11-4-12-20-26)28(22-36)42-32(38)24-15-7-2-8-16-24/h1-21,27-30,36H,22H2/t27-,28+,29+,30-/m1/s1. The van der Waals surface area contributed by atoms with Crippen LogP contribution in [0.1, 0.15) is 41.4 Å². The van der Waals surface area contributed by atoms with Gasteiger partial charge in [-0.2, -0.15) is 0 Å². The Morgan fingerprint density at radius 1 is 0.500 bits per heavy atom. The number of aliphatic hydroxyl groups is 1. The highest BCUT2D eigenvalue weighted by Gasteiger charge is 2.45. The quantitative estimate of drug-likeness (QED) is 0.136. The fraction of sp³-hybridized carbons (Fsp3) is 0.147. The zero-order valence-electron chi connectivity index (χ0n) is 23.3. The summed E-state index contributed by atoms with van der Waals surface area (Å²) < 4.78 is 22.3. The molecule has 4 atom stereocenters. The maximum Gasteiger partial charge on any atom is 0.338 e. The molecule has 224 valence electrons. The van der Waals surface area contributed by atoms with Gasteiger partial charge in [-0.25, -0.2) is 19.2 Å². The van der Waals surface area contributed by atoms with Gasteiger partial charge in [-0.15, -0.1) is 0 Å². The molecule has 0 spiro atoms. The summed E-state index contributed by atoms with van der Waals surface area (Å²) in [5.41, 5.74) is 0.325. The third-order valence-corrected chi connectivity index (χ3v) is 6.35. The first-order valence-electron chi connectivity index (χ1n) is 13.5. The van der Waals surface area contributed by atoms with Crippen molar-refractivity contribution in [3.8, 4) is 0 Å². The summed E-state index contributed by atoms with van der Waals surface area (Å²) in [5, 5.41) is 10.4. The number of rotatable bonds is 13. The molecule has 0 aliphatic carbocycles. The maximum atomic E-state index is 13.3. The van der Waals surface area contributed by atoms with Crippen LogP contribution in [0.5, 0.6) is 0 Å². The van der Waals surface area contributed by atoms with Gasteiger partial charge in [-0.05, 0) is 48.5 Å². The van der Waals surface area contributed by atoms with Crippen molar-refractivity contribution >= 4 is 30.2 Å². The molecular weight excluding hydrogens is 568 g/mol. The molecule has 1 N–H and O–H groups in total. The third-order valence-electron chi connectivity index (χ3n) is 6.35. The molecule has 0 aromatic heterocycles. The van der Waals surface area contributed by atoms with Gasteiger partial charge in [0.05, 0.1) is 28.9 Å². The third kappa shape index (κ3) is 8.24. The van der Waals surface area contributed by atoms with E-state index in [1.807, 2.05) is 0 Å². The van der Waals surface area contributed by atoms with Gasteiger partial charge in [0, 0.05) is 0 Å². The molecule has 4 rings (SSSR count). The Hall–Kier alpha value is -5.61. The van der Waals surface area contributed by atoms with Gasteiger partial charge in [0.15, 0.2) is 30.7 Å². The zero-order chi connectivity index (χ0) is 31.3. The minimum atomic E-state index is -1.87. The predicted octanol–water partition coefficient (Wildman–Crippen LogP) is 4.08. The molecule has 44 heavy (non-hydrogen) atoms. The largest absolute Gasteiger partial charge is 0.452 e.